The fourth-order valence-corrected chi connectivity index (χ4v) is 3.55. The van der Waals surface area contributed by atoms with E-state index in [-0.39, 0.29) is 0 Å². The van der Waals surface area contributed by atoms with Crippen molar-refractivity contribution in [2.45, 2.75) is 6.92 Å². The molecule has 31 heavy (non-hydrogen) atoms. The van der Waals surface area contributed by atoms with E-state index >= 15 is 0 Å². The van der Waals surface area contributed by atoms with E-state index in [1.165, 1.54) is 5.69 Å². The lowest BCUT2D eigenvalue weighted by molar-refractivity contribution is 0.122. The number of ether oxygens (including phenoxy) is 1. The second-order valence-corrected chi connectivity index (χ2v) is 7.23. The molecule has 0 atom stereocenters. The third-order valence-electron chi connectivity index (χ3n) is 5.17. The van der Waals surface area contributed by atoms with Crippen LogP contribution in [0.5, 0.6) is 0 Å². The summed E-state index contributed by atoms with van der Waals surface area (Å²) in [5.74, 6) is 1.27. The van der Waals surface area contributed by atoms with Crippen LogP contribution in [0.4, 0.5) is 17.3 Å². The highest BCUT2D eigenvalue weighted by Gasteiger charge is 2.12. The molecule has 1 aliphatic heterocycles. The molecule has 0 radical (unpaired) electrons. The minimum absolute atomic E-state index is 0.542. The van der Waals surface area contributed by atoms with Crippen LogP contribution in [0.2, 0.25) is 0 Å². The van der Waals surface area contributed by atoms with E-state index in [9.17, 15) is 0 Å². The first kappa shape index (κ1) is 19.1. The summed E-state index contributed by atoms with van der Waals surface area (Å²) in [6.45, 7) is 5.19. The number of rotatable bonds is 5. The molecule has 2 aromatic carbocycles. The third-order valence-corrected chi connectivity index (χ3v) is 5.17. The zero-order valence-corrected chi connectivity index (χ0v) is 17.1. The molecular formula is C22H22N8O. The molecule has 0 saturated carbocycles. The van der Waals surface area contributed by atoms with Crippen molar-refractivity contribution in [3.8, 4) is 16.9 Å². The summed E-state index contributed by atoms with van der Waals surface area (Å²) >= 11 is 0. The van der Waals surface area contributed by atoms with Gasteiger partial charge in [0.15, 0.2) is 5.82 Å². The van der Waals surface area contributed by atoms with Gasteiger partial charge in [0.05, 0.1) is 24.6 Å². The topological polar surface area (TPSA) is 93.9 Å². The molecule has 0 amide bonds. The van der Waals surface area contributed by atoms with Gasteiger partial charge >= 0.3 is 0 Å². The highest BCUT2D eigenvalue weighted by atomic mass is 16.5. The number of nitrogens with zero attached hydrogens (tertiary/aromatic N) is 7. The number of nitrogens with one attached hydrogen (secondary N) is 1. The number of aromatic nitrogens is 6. The minimum Gasteiger partial charge on any atom is -0.378 e. The number of benzene rings is 2. The van der Waals surface area contributed by atoms with Gasteiger partial charge in [0.1, 0.15) is 0 Å². The average molecular weight is 414 g/mol. The van der Waals surface area contributed by atoms with Crippen LogP contribution in [0, 0.1) is 6.92 Å². The highest BCUT2D eigenvalue weighted by molar-refractivity contribution is 5.67. The molecule has 0 aliphatic carbocycles. The van der Waals surface area contributed by atoms with Crippen molar-refractivity contribution < 1.29 is 4.74 Å². The van der Waals surface area contributed by atoms with E-state index < -0.39 is 0 Å². The van der Waals surface area contributed by atoms with Gasteiger partial charge < -0.3 is 15.0 Å². The lowest BCUT2D eigenvalue weighted by Crippen LogP contribution is -2.36. The van der Waals surface area contributed by atoms with E-state index in [2.05, 4.69) is 55.0 Å². The van der Waals surface area contributed by atoms with E-state index in [0.717, 1.165) is 54.8 Å². The van der Waals surface area contributed by atoms with E-state index in [4.69, 9.17) is 9.72 Å². The maximum Gasteiger partial charge on any atom is 0.227 e. The summed E-state index contributed by atoms with van der Waals surface area (Å²) in [7, 11) is 0. The quantitative estimate of drug-likeness (QED) is 0.533. The summed E-state index contributed by atoms with van der Waals surface area (Å²) < 4.78 is 7.14. The van der Waals surface area contributed by atoms with E-state index in [1.807, 2.05) is 37.3 Å². The van der Waals surface area contributed by atoms with Crippen LogP contribution in [0.25, 0.3) is 16.9 Å². The van der Waals surface area contributed by atoms with Gasteiger partial charge in [0.2, 0.25) is 5.95 Å². The number of anilines is 3. The van der Waals surface area contributed by atoms with Crippen molar-refractivity contribution >= 4 is 17.3 Å². The van der Waals surface area contributed by atoms with Crippen molar-refractivity contribution in [2.24, 2.45) is 0 Å². The standard InChI is InChI=1S/C22H22N8O/c1-16-26-27-28-30(16)19-7-5-18(6-8-19)24-22-23-10-9-21(25-22)17-3-2-4-20(15-17)29-11-13-31-14-12-29/h2-10,15H,11-14H2,1H3,(H,23,24,25). The van der Waals surface area contributed by atoms with Gasteiger partial charge in [0, 0.05) is 36.2 Å². The molecule has 9 heteroatoms. The Morgan fingerprint density at radius 1 is 0.968 bits per heavy atom. The smallest absolute Gasteiger partial charge is 0.227 e. The summed E-state index contributed by atoms with van der Waals surface area (Å²) in [4.78, 5) is 11.4. The van der Waals surface area contributed by atoms with Gasteiger partial charge in [-0.05, 0) is 59.8 Å². The second kappa shape index (κ2) is 8.49. The van der Waals surface area contributed by atoms with Crippen LogP contribution < -0.4 is 10.2 Å². The van der Waals surface area contributed by atoms with Crippen LogP contribution in [0.3, 0.4) is 0 Å². The van der Waals surface area contributed by atoms with Crippen molar-refractivity contribution in [1.82, 2.24) is 30.2 Å². The molecule has 1 fully saturated rings. The second-order valence-electron chi connectivity index (χ2n) is 7.23. The maximum absolute atomic E-state index is 5.46. The van der Waals surface area contributed by atoms with Gasteiger partial charge in [0.25, 0.3) is 0 Å². The first-order chi connectivity index (χ1) is 15.3. The minimum atomic E-state index is 0.542. The molecule has 1 N–H and O–H groups in total. The zero-order valence-electron chi connectivity index (χ0n) is 17.1. The van der Waals surface area contributed by atoms with Gasteiger partial charge in [-0.15, -0.1) is 5.10 Å². The van der Waals surface area contributed by atoms with E-state index in [0.29, 0.717) is 5.95 Å². The summed E-state index contributed by atoms with van der Waals surface area (Å²) in [6.07, 6.45) is 1.77. The Morgan fingerprint density at radius 3 is 2.58 bits per heavy atom. The molecule has 1 saturated heterocycles. The average Bonchev–Trinajstić information content (AvgIpc) is 3.26. The number of morpholine rings is 1. The Bertz CT molecular complexity index is 1170. The molecule has 0 spiro atoms. The Hall–Kier alpha value is -3.85. The molecule has 5 rings (SSSR count). The highest BCUT2D eigenvalue weighted by Crippen LogP contribution is 2.25. The fraction of sp³-hybridized carbons (Fsp3) is 0.227. The summed E-state index contributed by atoms with van der Waals surface area (Å²) in [5, 5.41) is 14.9. The first-order valence-corrected chi connectivity index (χ1v) is 10.1. The molecule has 0 unspecified atom stereocenters. The van der Waals surface area contributed by atoms with Gasteiger partial charge in [-0.25, -0.2) is 9.97 Å². The lowest BCUT2D eigenvalue weighted by atomic mass is 10.1. The largest absolute Gasteiger partial charge is 0.378 e. The van der Waals surface area contributed by atoms with Crippen molar-refractivity contribution in [2.75, 3.05) is 36.5 Å². The third kappa shape index (κ3) is 4.22. The van der Waals surface area contributed by atoms with Gasteiger partial charge in [-0.2, -0.15) is 4.68 Å². The van der Waals surface area contributed by atoms with Crippen LogP contribution in [-0.2, 0) is 4.74 Å². The van der Waals surface area contributed by atoms with Crippen molar-refractivity contribution in [3.63, 3.8) is 0 Å². The molecule has 1 aliphatic rings. The molecule has 9 nitrogen and oxygen atoms in total. The SMILES string of the molecule is Cc1nnnn1-c1ccc(Nc2nccc(-c3cccc(N4CCOCC4)c3)n2)cc1. The maximum atomic E-state index is 5.46. The number of hydrogen-bond donors (Lipinski definition) is 1. The van der Waals surface area contributed by atoms with Crippen LogP contribution in [-0.4, -0.2) is 56.5 Å². The number of aryl methyl sites for hydroxylation is 1. The van der Waals surface area contributed by atoms with Crippen LogP contribution >= 0.6 is 0 Å². The first-order valence-electron chi connectivity index (χ1n) is 10.1. The Balaban J connectivity index is 1.34. The van der Waals surface area contributed by atoms with E-state index in [1.54, 1.807) is 10.9 Å². The summed E-state index contributed by atoms with van der Waals surface area (Å²) in [6, 6.07) is 18.1. The molecule has 3 heterocycles. The molecule has 156 valence electrons. The fourth-order valence-electron chi connectivity index (χ4n) is 3.55. The molecule has 2 aromatic heterocycles. The predicted molar refractivity (Wildman–Crippen MR) is 118 cm³/mol. The van der Waals surface area contributed by atoms with Gasteiger partial charge in [-0.1, -0.05) is 12.1 Å². The normalized spacial score (nSPS) is 13.9. The number of hydrogen-bond acceptors (Lipinski definition) is 8. The van der Waals surface area contributed by atoms with Crippen molar-refractivity contribution in [3.05, 3.63) is 66.6 Å². The van der Waals surface area contributed by atoms with Crippen LogP contribution in [0.15, 0.2) is 60.8 Å². The van der Waals surface area contributed by atoms with Gasteiger partial charge in [-0.3, -0.25) is 0 Å². The Morgan fingerprint density at radius 2 is 1.81 bits per heavy atom. The molecular weight excluding hydrogens is 392 g/mol. The Labute approximate surface area is 179 Å². The van der Waals surface area contributed by atoms with Crippen LogP contribution in [0.1, 0.15) is 5.82 Å². The summed E-state index contributed by atoms with van der Waals surface area (Å²) in [5.41, 5.74) is 4.88. The number of tetrazole rings is 1. The molecule has 0 bridgehead atoms. The monoisotopic (exact) mass is 414 g/mol. The molecule has 4 aromatic rings. The lowest BCUT2D eigenvalue weighted by Gasteiger charge is -2.29. The Kier molecular flexibility index (Phi) is 5.24. The zero-order chi connectivity index (χ0) is 21.0. The predicted octanol–water partition coefficient (Wildman–Crippen LogP) is 3.01. The van der Waals surface area contributed by atoms with Crippen molar-refractivity contribution in [1.29, 1.82) is 0 Å².